The van der Waals surface area contributed by atoms with Crippen LogP contribution in [-0.4, -0.2) is 13.1 Å². The lowest BCUT2D eigenvalue weighted by molar-refractivity contribution is 0.293. The molecule has 0 spiro atoms. The molecule has 96 valence electrons. The number of hydrogen-bond acceptors (Lipinski definition) is 1. The first kappa shape index (κ1) is 14.5. The molecule has 0 aliphatic rings. The van der Waals surface area contributed by atoms with Crippen molar-refractivity contribution < 1.29 is 4.39 Å². The molecule has 0 heterocycles. The Morgan fingerprint density at radius 3 is 2.59 bits per heavy atom. The third kappa shape index (κ3) is 4.64. The van der Waals surface area contributed by atoms with Gasteiger partial charge in [-0.05, 0) is 49.9 Å². The van der Waals surface area contributed by atoms with E-state index >= 15 is 0 Å². The summed E-state index contributed by atoms with van der Waals surface area (Å²) in [7, 11) is 1.96. The smallest absolute Gasteiger partial charge is 0.124 e. The molecule has 1 rings (SSSR count). The van der Waals surface area contributed by atoms with E-state index in [2.05, 4.69) is 26.1 Å². The molecule has 1 aromatic rings. The standard InChI is InChI=1S/C14H21ClFN/c1-10(17-4)8-14(2,3)9-11-5-6-12(16)7-13(11)15/h5-7,10,17H,8-9H2,1-4H3. The largest absolute Gasteiger partial charge is 0.317 e. The average molecular weight is 258 g/mol. The first-order valence-electron chi connectivity index (χ1n) is 5.95. The van der Waals surface area contributed by atoms with E-state index in [-0.39, 0.29) is 11.2 Å². The fourth-order valence-electron chi connectivity index (χ4n) is 2.18. The lowest BCUT2D eigenvalue weighted by Gasteiger charge is -2.28. The van der Waals surface area contributed by atoms with E-state index in [9.17, 15) is 4.39 Å². The molecule has 3 heteroatoms. The zero-order chi connectivity index (χ0) is 13.1. The number of halogens is 2. The van der Waals surface area contributed by atoms with Gasteiger partial charge in [-0.2, -0.15) is 0 Å². The van der Waals surface area contributed by atoms with E-state index in [1.165, 1.54) is 12.1 Å². The van der Waals surface area contributed by atoms with Gasteiger partial charge in [0.15, 0.2) is 0 Å². The molecular formula is C14H21ClFN. The van der Waals surface area contributed by atoms with Crippen LogP contribution in [0.1, 0.15) is 32.8 Å². The van der Waals surface area contributed by atoms with Gasteiger partial charge >= 0.3 is 0 Å². The highest BCUT2D eigenvalue weighted by Crippen LogP contribution is 2.30. The fourth-order valence-corrected chi connectivity index (χ4v) is 2.42. The third-order valence-electron chi connectivity index (χ3n) is 3.04. The van der Waals surface area contributed by atoms with E-state index in [0.717, 1.165) is 18.4 Å². The summed E-state index contributed by atoms with van der Waals surface area (Å²) in [5, 5.41) is 3.76. The van der Waals surface area contributed by atoms with Gasteiger partial charge in [0.05, 0.1) is 0 Å². The number of rotatable bonds is 5. The molecule has 0 bridgehead atoms. The average Bonchev–Trinajstić information content (AvgIpc) is 2.21. The molecule has 17 heavy (non-hydrogen) atoms. The quantitative estimate of drug-likeness (QED) is 0.839. The van der Waals surface area contributed by atoms with Crippen LogP contribution in [0.2, 0.25) is 5.02 Å². The zero-order valence-corrected chi connectivity index (χ0v) is 11.7. The summed E-state index contributed by atoms with van der Waals surface area (Å²) >= 11 is 6.05. The van der Waals surface area contributed by atoms with Crippen LogP contribution in [0.4, 0.5) is 4.39 Å². The van der Waals surface area contributed by atoms with E-state index in [1.807, 2.05) is 7.05 Å². The monoisotopic (exact) mass is 257 g/mol. The van der Waals surface area contributed by atoms with Crippen molar-refractivity contribution in [1.82, 2.24) is 5.32 Å². The summed E-state index contributed by atoms with van der Waals surface area (Å²) in [6.07, 6.45) is 1.91. The van der Waals surface area contributed by atoms with Crippen molar-refractivity contribution in [2.45, 2.75) is 39.7 Å². The van der Waals surface area contributed by atoms with Crippen LogP contribution in [0, 0.1) is 11.2 Å². The Kier molecular flexibility index (Phi) is 4.96. The van der Waals surface area contributed by atoms with Crippen molar-refractivity contribution in [3.05, 3.63) is 34.6 Å². The topological polar surface area (TPSA) is 12.0 Å². The molecule has 0 amide bonds. The van der Waals surface area contributed by atoms with Gasteiger partial charge in [-0.15, -0.1) is 0 Å². The Bertz CT molecular complexity index is 376. The van der Waals surface area contributed by atoms with Crippen molar-refractivity contribution in [3.63, 3.8) is 0 Å². The normalized spacial score (nSPS) is 13.8. The molecule has 1 N–H and O–H groups in total. The molecule has 0 aliphatic heterocycles. The van der Waals surface area contributed by atoms with Gasteiger partial charge in [-0.1, -0.05) is 31.5 Å². The lowest BCUT2D eigenvalue weighted by atomic mass is 9.80. The molecule has 0 fully saturated rings. The molecule has 0 saturated heterocycles. The van der Waals surface area contributed by atoms with Crippen molar-refractivity contribution in [2.75, 3.05) is 7.05 Å². The summed E-state index contributed by atoms with van der Waals surface area (Å²) in [5.41, 5.74) is 1.16. The van der Waals surface area contributed by atoms with E-state index in [0.29, 0.717) is 11.1 Å². The SMILES string of the molecule is CNC(C)CC(C)(C)Cc1ccc(F)cc1Cl. The second-order valence-corrected chi connectivity index (χ2v) is 5.88. The molecule has 1 atom stereocenters. The second kappa shape index (κ2) is 5.83. The molecule has 0 saturated carbocycles. The Balaban J connectivity index is 2.75. The molecule has 0 aromatic heterocycles. The van der Waals surface area contributed by atoms with Gasteiger partial charge in [-0.3, -0.25) is 0 Å². The van der Waals surface area contributed by atoms with Gasteiger partial charge in [0, 0.05) is 11.1 Å². The summed E-state index contributed by atoms with van der Waals surface area (Å²) in [4.78, 5) is 0. The van der Waals surface area contributed by atoms with Crippen LogP contribution in [-0.2, 0) is 6.42 Å². The Morgan fingerprint density at radius 1 is 1.41 bits per heavy atom. The second-order valence-electron chi connectivity index (χ2n) is 5.47. The van der Waals surface area contributed by atoms with Crippen LogP contribution in [0.25, 0.3) is 0 Å². The molecule has 1 unspecified atom stereocenters. The van der Waals surface area contributed by atoms with Gasteiger partial charge < -0.3 is 5.32 Å². The van der Waals surface area contributed by atoms with Crippen LogP contribution < -0.4 is 5.32 Å². The number of nitrogens with one attached hydrogen (secondary N) is 1. The van der Waals surface area contributed by atoms with Crippen LogP contribution in [0.3, 0.4) is 0 Å². The highest BCUT2D eigenvalue weighted by molar-refractivity contribution is 6.31. The van der Waals surface area contributed by atoms with Crippen LogP contribution in [0.5, 0.6) is 0 Å². The summed E-state index contributed by atoms with van der Waals surface area (Å²) in [5.74, 6) is -0.278. The maximum atomic E-state index is 13.0. The Hall–Kier alpha value is -0.600. The lowest BCUT2D eigenvalue weighted by Crippen LogP contribution is -2.29. The van der Waals surface area contributed by atoms with Crippen molar-refractivity contribution >= 4 is 11.6 Å². The van der Waals surface area contributed by atoms with Crippen molar-refractivity contribution in [2.24, 2.45) is 5.41 Å². The highest BCUT2D eigenvalue weighted by atomic mass is 35.5. The zero-order valence-electron chi connectivity index (χ0n) is 11.0. The fraction of sp³-hybridized carbons (Fsp3) is 0.571. The van der Waals surface area contributed by atoms with E-state index < -0.39 is 0 Å². The van der Waals surface area contributed by atoms with Crippen molar-refractivity contribution in [1.29, 1.82) is 0 Å². The molecule has 1 aromatic carbocycles. The molecular weight excluding hydrogens is 237 g/mol. The van der Waals surface area contributed by atoms with Crippen molar-refractivity contribution in [3.8, 4) is 0 Å². The van der Waals surface area contributed by atoms with E-state index in [4.69, 9.17) is 11.6 Å². The minimum absolute atomic E-state index is 0.143. The van der Waals surface area contributed by atoms with Gasteiger partial charge in [0.2, 0.25) is 0 Å². The Labute approximate surface area is 108 Å². The van der Waals surface area contributed by atoms with Crippen LogP contribution in [0.15, 0.2) is 18.2 Å². The third-order valence-corrected chi connectivity index (χ3v) is 3.39. The predicted molar refractivity (Wildman–Crippen MR) is 72.0 cm³/mol. The Morgan fingerprint density at radius 2 is 2.06 bits per heavy atom. The van der Waals surface area contributed by atoms with Gasteiger partial charge in [0.1, 0.15) is 5.82 Å². The minimum atomic E-state index is -0.278. The van der Waals surface area contributed by atoms with Gasteiger partial charge in [-0.25, -0.2) is 4.39 Å². The summed E-state index contributed by atoms with van der Waals surface area (Å²) in [6, 6.07) is 5.10. The maximum absolute atomic E-state index is 13.0. The van der Waals surface area contributed by atoms with Gasteiger partial charge in [0.25, 0.3) is 0 Å². The number of benzene rings is 1. The highest BCUT2D eigenvalue weighted by Gasteiger charge is 2.22. The number of hydrogen-bond donors (Lipinski definition) is 1. The predicted octanol–water partition coefficient (Wildman–Crippen LogP) is 4.05. The maximum Gasteiger partial charge on any atom is 0.124 e. The molecule has 0 aliphatic carbocycles. The first-order chi connectivity index (χ1) is 7.84. The minimum Gasteiger partial charge on any atom is -0.317 e. The van der Waals surface area contributed by atoms with E-state index in [1.54, 1.807) is 6.07 Å². The molecule has 0 radical (unpaired) electrons. The van der Waals surface area contributed by atoms with Crippen LogP contribution >= 0.6 is 11.6 Å². The summed E-state index contributed by atoms with van der Waals surface area (Å²) < 4.78 is 13.0. The first-order valence-corrected chi connectivity index (χ1v) is 6.33. The molecule has 1 nitrogen and oxygen atoms in total. The summed E-state index contributed by atoms with van der Waals surface area (Å²) in [6.45, 7) is 6.58.